The van der Waals surface area contributed by atoms with Gasteiger partial charge in [-0.2, -0.15) is 15.8 Å². The van der Waals surface area contributed by atoms with Crippen LogP contribution in [0.2, 0.25) is 0 Å². The lowest BCUT2D eigenvalue weighted by molar-refractivity contribution is 0.202. The van der Waals surface area contributed by atoms with Gasteiger partial charge in [0.1, 0.15) is 17.5 Å². The highest BCUT2D eigenvalue weighted by Crippen LogP contribution is 2.54. The van der Waals surface area contributed by atoms with Crippen LogP contribution in [0.1, 0.15) is 24.8 Å². The van der Waals surface area contributed by atoms with Crippen LogP contribution in [-0.4, -0.2) is 37.4 Å². The molecule has 0 aromatic heterocycles. The highest BCUT2D eigenvalue weighted by Gasteiger charge is 2.58. The average molecular weight is 391 g/mol. The van der Waals surface area contributed by atoms with Gasteiger partial charge < -0.3 is 10.1 Å². The molecule has 6 nitrogen and oxygen atoms in total. The summed E-state index contributed by atoms with van der Waals surface area (Å²) in [4.78, 5) is 2.17. The third-order valence-electron chi connectivity index (χ3n) is 5.94. The Bertz CT molecular complexity index is 966. The molecule has 7 heteroatoms. The summed E-state index contributed by atoms with van der Waals surface area (Å²) >= 11 is 0. The van der Waals surface area contributed by atoms with E-state index in [2.05, 4.69) is 17.9 Å². The molecule has 29 heavy (non-hydrogen) atoms. The zero-order valence-corrected chi connectivity index (χ0v) is 16.4. The van der Waals surface area contributed by atoms with Crippen molar-refractivity contribution in [2.45, 2.75) is 19.3 Å². The molecule has 1 aromatic carbocycles. The standard InChI is InChI=1S/C22H22FN5O/c1-3-7-28-8-6-15-17(10-24)21(27)22(12-25,13-26)20(18(15)11-28)16-9-14(29-2)4-5-19(16)23/h4-6,9,17-18,20,27H,3,7-8,11H2,1-2H3/t17?,18-,20-/m0/s1. The first-order chi connectivity index (χ1) is 14.0. The van der Waals surface area contributed by atoms with Crippen molar-refractivity contribution in [1.82, 2.24) is 4.90 Å². The van der Waals surface area contributed by atoms with E-state index in [0.717, 1.165) is 13.0 Å². The van der Waals surface area contributed by atoms with E-state index in [0.29, 0.717) is 24.4 Å². The number of hydrogen-bond acceptors (Lipinski definition) is 6. The second-order valence-corrected chi connectivity index (χ2v) is 7.44. The average Bonchev–Trinajstić information content (AvgIpc) is 2.74. The summed E-state index contributed by atoms with van der Waals surface area (Å²) in [7, 11) is 1.46. The van der Waals surface area contributed by atoms with Crippen molar-refractivity contribution in [1.29, 1.82) is 21.2 Å². The minimum atomic E-state index is -1.93. The molecular formula is C22H22FN5O. The van der Waals surface area contributed by atoms with Gasteiger partial charge in [0.15, 0.2) is 5.41 Å². The Hall–Kier alpha value is -3.21. The number of hydrogen-bond donors (Lipinski definition) is 1. The van der Waals surface area contributed by atoms with E-state index in [1.807, 2.05) is 18.2 Å². The summed E-state index contributed by atoms with van der Waals surface area (Å²) in [5.74, 6) is -2.42. The normalized spacial score (nSPS) is 25.7. The molecule has 2 aliphatic rings. The molecule has 1 aliphatic carbocycles. The SMILES string of the molecule is CCCN1CC=C2C(C#N)C(=N)C(C#N)(C#N)[C@@H](c3cc(OC)ccc3F)[C@H]2C1. The fourth-order valence-corrected chi connectivity index (χ4v) is 4.60. The number of ether oxygens (including phenoxy) is 1. The second-order valence-electron chi connectivity index (χ2n) is 7.44. The first-order valence-electron chi connectivity index (χ1n) is 9.54. The molecular weight excluding hydrogens is 369 g/mol. The number of nitrogens with zero attached hydrogens (tertiary/aromatic N) is 4. The van der Waals surface area contributed by atoms with Crippen LogP contribution in [0.4, 0.5) is 4.39 Å². The van der Waals surface area contributed by atoms with Crippen molar-refractivity contribution in [2.24, 2.45) is 17.3 Å². The molecule has 1 aliphatic heterocycles. The van der Waals surface area contributed by atoms with Crippen molar-refractivity contribution < 1.29 is 9.13 Å². The van der Waals surface area contributed by atoms with Gasteiger partial charge in [0.2, 0.25) is 0 Å². The second kappa shape index (κ2) is 8.03. The molecule has 1 heterocycles. The predicted octanol–water partition coefficient (Wildman–Crippen LogP) is 3.39. The van der Waals surface area contributed by atoms with Gasteiger partial charge in [-0.05, 0) is 42.3 Å². The Kier molecular flexibility index (Phi) is 5.69. The van der Waals surface area contributed by atoms with Gasteiger partial charge in [0.25, 0.3) is 0 Å². The lowest BCUT2D eigenvalue weighted by Gasteiger charge is -2.47. The molecule has 0 spiro atoms. The Morgan fingerprint density at radius 2 is 2.03 bits per heavy atom. The van der Waals surface area contributed by atoms with Crippen molar-refractivity contribution >= 4 is 5.71 Å². The molecule has 3 rings (SSSR count). The van der Waals surface area contributed by atoms with Gasteiger partial charge >= 0.3 is 0 Å². The maximum Gasteiger partial charge on any atom is 0.189 e. The van der Waals surface area contributed by atoms with Gasteiger partial charge in [-0.25, -0.2) is 4.39 Å². The van der Waals surface area contributed by atoms with Crippen molar-refractivity contribution in [3.05, 3.63) is 41.2 Å². The van der Waals surface area contributed by atoms with E-state index in [9.17, 15) is 20.2 Å². The lowest BCUT2D eigenvalue weighted by atomic mass is 9.54. The highest BCUT2D eigenvalue weighted by atomic mass is 19.1. The van der Waals surface area contributed by atoms with Crippen molar-refractivity contribution in [3.8, 4) is 24.0 Å². The van der Waals surface area contributed by atoms with Crippen molar-refractivity contribution in [2.75, 3.05) is 26.7 Å². The van der Waals surface area contributed by atoms with E-state index in [1.54, 1.807) is 0 Å². The zero-order chi connectivity index (χ0) is 21.2. The number of rotatable bonds is 4. The molecule has 1 N–H and O–H groups in total. The minimum Gasteiger partial charge on any atom is -0.497 e. The summed E-state index contributed by atoms with van der Waals surface area (Å²) in [5, 5.41) is 38.4. The van der Waals surface area contributed by atoms with Crippen LogP contribution in [0.3, 0.4) is 0 Å². The van der Waals surface area contributed by atoms with E-state index in [-0.39, 0.29) is 11.3 Å². The highest BCUT2D eigenvalue weighted by molar-refractivity contribution is 6.00. The van der Waals surface area contributed by atoms with Crippen LogP contribution < -0.4 is 4.74 Å². The van der Waals surface area contributed by atoms with E-state index < -0.39 is 29.0 Å². The van der Waals surface area contributed by atoms with Gasteiger partial charge in [-0.15, -0.1) is 0 Å². The Labute approximate surface area is 169 Å². The largest absolute Gasteiger partial charge is 0.497 e. The molecule has 0 saturated heterocycles. The Morgan fingerprint density at radius 3 is 2.62 bits per heavy atom. The molecule has 1 aromatic rings. The van der Waals surface area contributed by atoms with Gasteiger partial charge in [0, 0.05) is 24.9 Å². The molecule has 1 fully saturated rings. The van der Waals surface area contributed by atoms with E-state index in [4.69, 9.17) is 10.1 Å². The topological polar surface area (TPSA) is 108 Å². The molecule has 1 unspecified atom stereocenters. The third kappa shape index (κ3) is 3.16. The van der Waals surface area contributed by atoms with Crippen LogP contribution >= 0.6 is 0 Å². The monoisotopic (exact) mass is 391 g/mol. The summed E-state index contributed by atoms with van der Waals surface area (Å²) in [6.07, 6.45) is 2.84. The summed E-state index contributed by atoms with van der Waals surface area (Å²) in [6, 6.07) is 10.3. The molecule has 0 amide bonds. The number of halogens is 1. The van der Waals surface area contributed by atoms with Crippen molar-refractivity contribution in [3.63, 3.8) is 0 Å². The first kappa shape index (κ1) is 20.5. The molecule has 0 bridgehead atoms. The minimum absolute atomic E-state index is 0.169. The van der Waals surface area contributed by atoms with E-state index in [1.165, 1.54) is 25.3 Å². The number of fused-ring (bicyclic) bond motifs is 1. The fourth-order valence-electron chi connectivity index (χ4n) is 4.60. The van der Waals surface area contributed by atoms with Gasteiger partial charge in [-0.1, -0.05) is 13.0 Å². The molecule has 148 valence electrons. The number of nitriles is 3. The van der Waals surface area contributed by atoms with Gasteiger partial charge in [-0.3, -0.25) is 4.90 Å². The van der Waals surface area contributed by atoms with Crippen LogP contribution in [-0.2, 0) is 0 Å². The van der Waals surface area contributed by atoms with Crippen LogP contribution in [0.25, 0.3) is 0 Å². The molecule has 0 radical (unpaired) electrons. The number of methoxy groups -OCH3 is 1. The first-order valence-corrected chi connectivity index (χ1v) is 9.54. The van der Waals surface area contributed by atoms with Gasteiger partial charge in [0.05, 0.1) is 31.0 Å². The summed E-state index contributed by atoms with van der Waals surface area (Å²) in [5.41, 5.74) is -1.32. The summed E-state index contributed by atoms with van der Waals surface area (Å²) < 4.78 is 20.2. The fraction of sp³-hybridized carbons (Fsp3) is 0.455. The van der Waals surface area contributed by atoms with Crippen LogP contribution in [0.5, 0.6) is 5.75 Å². The Balaban J connectivity index is 2.27. The van der Waals surface area contributed by atoms with Crippen LogP contribution in [0, 0.1) is 62.5 Å². The molecule has 1 saturated carbocycles. The quantitative estimate of drug-likeness (QED) is 0.792. The number of nitrogens with one attached hydrogen (secondary N) is 1. The van der Waals surface area contributed by atoms with Crippen LogP contribution in [0.15, 0.2) is 29.8 Å². The maximum absolute atomic E-state index is 15.0. The third-order valence-corrected chi connectivity index (χ3v) is 5.94. The predicted molar refractivity (Wildman–Crippen MR) is 104 cm³/mol. The maximum atomic E-state index is 15.0. The molecule has 3 atom stereocenters. The Morgan fingerprint density at radius 1 is 1.31 bits per heavy atom. The lowest BCUT2D eigenvalue weighted by Crippen LogP contribution is -2.53. The number of benzene rings is 1. The smallest absolute Gasteiger partial charge is 0.189 e. The zero-order valence-electron chi connectivity index (χ0n) is 16.4. The van der Waals surface area contributed by atoms with E-state index >= 15 is 0 Å². The summed E-state index contributed by atoms with van der Waals surface area (Å²) in [6.45, 7) is 4.00.